The van der Waals surface area contributed by atoms with Crippen LogP contribution in [-0.2, 0) is 0 Å². The highest BCUT2D eigenvalue weighted by molar-refractivity contribution is 6.10. The molecule has 8 rings (SSSR count). The maximum absolute atomic E-state index is 10.6. The highest BCUT2D eigenvalue weighted by Crippen LogP contribution is 2.42. The molecule has 0 fully saturated rings. The van der Waals surface area contributed by atoms with Gasteiger partial charge in [-0.1, -0.05) is 85.8 Å². The zero-order valence-electron chi connectivity index (χ0n) is 23.6. The Bertz CT molecular complexity index is 2310. The number of nitrogens with zero attached hydrogens (tertiary/aromatic N) is 4. The molecule has 4 nitrogen and oxygen atoms in total. The number of fused-ring (bicyclic) bond motifs is 6. The minimum Gasteiger partial charge on any atom is -0.313 e. The van der Waals surface area contributed by atoms with Crippen LogP contribution in [0.1, 0.15) is 41.6 Å². The average Bonchev–Trinajstić information content (AvgIpc) is 3.58. The molecule has 0 saturated heterocycles. The third kappa shape index (κ3) is 3.61. The predicted octanol–water partition coefficient (Wildman–Crippen LogP) is 9.66. The smallest absolute Gasteiger partial charge is 0.0998 e. The molecule has 0 aliphatic heterocycles. The van der Waals surface area contributed by atoms with E-state index in [0.717, 1.165) is 56.2 Å². The summed E-state index contributed by atoms with van der Waals surface area (Å²) in [5.74, 6) is 0.346. The van der Waals surface area contributed by atoms with Crippen LogP contribution in [0.15, 0.2) is 115 Å². The van der Waals surface area contributed by atoms with Crippen LogP contribution in [0.3, 0.4) is 0 Å². The Morgan fingerprint density at radius 2 is 1.28 bits per heavy atom. The van der Waals surface area contributed by atoms with Crippen LogP contribution in [0.5, 0.6) is 0 Å². The van der Waals surface area contributed by atoms with Crippen LogP contribution in [0.2, 0.25) is 0 Å². The molecule has 4 heteroatoms. The SMILES string of the molecule is CC1CC=Cc2c1n(-c1ccc(-c3c(C#N)cccc3-n3c4ccccc4c4ccccc43)c(C#N)c1)c1ccccc21. The quantitative estimate of drug-likeness (QED) is 0.220. The van der Waals surface area contributed by atoms with Gasteiger partial charge in [-0.05, 0) is 48.9 Å². The molecule has 0 bridgehead atoms. The number of benzene rings is 5. The lowest BCUT2D eigenvalue weighted by molar-refractivity contribution is 0.723. The lowest BCUT2D eigenvalue weighted by atomic mass is 9.92. The van der Waals surface area contributed by atoms with Crippen molar-refractivity contribution in [3.05, 3.63) is 138 Å². The standard InChI is InChI=1S/C39H26N4/c1-25-10-8-15-33-32-14-4-5-16-34(32)42(39(25)33)28-20-21-29(27(22-28)24-41)38-26(23-40)11-9-19-37(38)43-35-17-6-2-12-30(35)31-13-3-7-18-36(31)43/h2-9,11-22,25H,10H2,1H3. The van der Waals surface area contributed by atoms with Crippen LogP contribution in [0, 0.1) is 22.7 Å². The molecular formula is C39H26N4. The Morgan fingerprint density at radius 3 is 1.95 bits per heavy atom. The molecule has 0 N–H and O–H groups in total. The van der Waals surface area contributed by atoms with Gasteiger partial charge in [0, 0.05) is 50.1 Å². The molecule has 7 aromatic rings. The van der Waals surface area contributed by atoms with Crippen LogP contribution < -0.4 is 0 Å². The van der Waals surface area contributed by atoms with Gasteiger partial charge in [-0.2, -0.15) is 10.5 Å². The molecule has 1 atom stereocenters. The highest BCUT2D eigenvalue weighted by Gasteiger charge is 2.25. The summed E-state index contributed by atoms with van der Waals surface area (Å²) in [7, 11) is 0. The number of hydrogen-bond donors (Lipinski definition) is 0. The van der Waals surface area contributed by atoms with E-state index in [4.69, 9.17) is 0 Å². The van der Waals surface area contributed by atoms with Gasteiger partial charge >= 0.3 is 0 Å². The molecule has 0 spiro atoms. The Morgan fingerprint density at radius 1 is 0.651 bits per heavy atom. The zero-order valence-corrected chi connectivity index (χ0v) is 23.6. The fourth-order valence-electron chi connectivity index (χ4n) is 6.99. The van der Waals surface area contributed by atoms with E-state index in [1.807, 2.05) is 42.5 Å². The van der Waals surface area contributed by atoms with Crippen molar-refractivity contribution >= 4 is 38.8 Å². The van der Waals surface area contributed by atoms with Crippen LogP contribution in [0.25, 0.3) is 61.3 Å². The van der Waals surface area contributed by atoms with Crippen LogP contribution in [-0.4, -0.2) is 9.13 Å². The van der Waals surface area contributed by atoms with E-state index >= 15 is 0 Å². The summed E-state index contributed by atoms with van der Waals surface area (Å²) < 4.78 is 4.53. The molecule has 1 aliphatic carbocycles. The molecule has 43 heavy (non-hydrogen) atoms. The maximum Gasteiger partial charge on any atom is 0.0998 e. The summed E-state index contributed by atoms with van der Waals surface area (Å²) in [6.45, 7) is 2.26. The molecule has 0 amide bonds. The summed E-state index contributed by atoms with van der Waals surface area (Å²) in [5, 5.41) is 24.4. The van der Waals surface area contributed by atoms with Crippen molar-refractivity contribution in [2.24, 2.45) is 0 Å². The van der Waals surface area contributed by atoms with Crippen molar-refractivity contribution in [3.8, 4) is 34.6 Å². The van der Waals surface area contributed by atoms with E-state index in [1.54, 1.807) is 0 Å². The first kappa shape index (κ1) is 24.9. The van der Waals surface area contributed by atoms with Crippen molar-refractivity contribution in [2.45, 2.75) is 19.3 Å². The van der Waals surface area contributed by atoms with Crippen LogP contribution >= 0.6 is 0 Å². The van der Waals surface area contributed by atoms with Gasteiger partial charge in [-0.15, -0.1) is 0 Å². The zero-order chi connectivity index (χ0) is 29.1. The van der Waals surface area contributed by atoms with Gasteiger partial charge in [0.1, 0.15) is 0 Å². The van der Waals surface area contributed by atoms with Crippen molar-refractivity contribution < 1.29 is 0 Å². The Hall–Kier alpha value is -5.84. The lowest BCUT2D eigenvalue weighted by Crippen LogP contribution is -2.07. The fourth-order valence-corrected chi connectivity index (χ4v) is 6.99. The van der Waals surface area contributed by atoms with E-state index in [1.165, 1.54) is 16.6 Å². The van der Waals surface area contributed by atoms with E-state index < -0.39 is 0 Å². The molecule has 2 heterocycles. The Balaban J connectivity index is 1.40. The summed E-state index contributed by atoms with van der Waals surface area (Å²) >= 11 is 0. The Labute approximate surface area is 249 Å². The monoisotopic (exact) mass is 550 g/mol. The first-order valence-corrected chi connectivity index (χ1v) is 14.6. The summed E-state index contributed by atoms with van der Waals surface area (Å²) in [6.07, 6.45) is 5.46. The number of aromatic nitrogens is 2. The third-order valence-electron chi connectivity index (χ3n) is 8.83. The number of allylic oxidation sites excluding steroid dienone is 1. The lowest BCUT2D eigenvalue weighted by Gasteiger charge is -2.21. The minimum absolute atomic E-state index is 0.346. The first-order valence-electron chi connectivity index (χ1n) is 14.6. The van der Waals surface area contributed by atoms with Gasteiger partial charge in [0.15, 0.2) is 0 Å². The van der Waals surface area contributed by atoms with Crippen molar-refractivity contribution in [1.82, 2.24) is 9.13 Å². The van der Waals surface area contributed by atoms with Crippen molar-refractivity contribution in [1.29, 1.82) is 10.5 Å². The second kappa shape index (κ2) is 9.62. The minimum atomic E-state index is 0.346. The third-order valence-corrected chi connectivity index (χ3v) is 8.83. The summed E-state index contributed by atoms with van der Waals surface area (Å²) in [6, 6.07) is 42.0. The normalized spacial score (nSPS) is 14.2. The number of para-hydroxylation sites is 3. The van der Waals surface area contributed by atoms with Crippen molar-refractivity contribution in [3.63, 3.8) is 0 Å². The molecule has 1 unspecified atom stereocenters. The highest BCUT2D eigenvalue weighted by atomic mass is 15.0. The van der Waals surface area contributed by atoms with Crippen molar-refractivity contribution in [2.75, 3.05) is 0 Å². The van der Waals surface area contributed by atoms with E-state index in [2.05, 4.69) is 107 Å². The van der Waals surface area contributed by atoms with Gasteiger partial charge in [0.2, 0.25) is 0 Å². The van der Waals surface area contributed by atoms with E-state index in [9.17, 15) is 10.5 Å². The molecule has 5 aromatic carbocycles. The Kier molecular flexibility index (Phi) is 5.58. The van der Waals surface area contributed by atoms with Gasteiger partial charge in [0.05, 0.1) is 45.5 Å². The molecule has 0 saturated carbocycles. The first-order chi connectivity index (χ1) is 21.2. The molecular weight excluding hydrogens is 524 g/mol. The largest absolute Gasteiger partial charge is 0.313 e. The summed E-state index contributed by atoms with van der Waals surface area (Å²) in [5.41, 5.74) is 10.2. The second-order valence-electron chi connectivity index (χ2n) is 11.2. The number of hydrogen-bond acceptors (Lipinski definition) is 2. The topological polar surface area (TPSA) is 57.4 Å². The maximum atomic E-state index is 10.6. The van der Waals surface area contributed by atoms with E-state index in [-0.39, 0.29) is 0 Å². The molecule has 2 aromatic heterocycles. The second-order valence-corrected chi connectivity index (χ2v) is 11.2. The fraction of sp³-hybridized carbons (Fsp3) is 0.0769. The van der Waals surface area contributed by atoms with Gasteiger partial charge in [-0.3, -0.25) is 0 Å². The average molecular weight is 551 g/mol. The van der Waals surface area contributed by atoms with Crippen LogP contribution in [0.4, 0.5) is 0 Å². The number of nitriles is 2. The molecule has 202 valence electrons. The summed E-state index contributed by atoms with van der Waals surface area (Å²) in [4.78, 5) is 0. The van der Waals surface area contributed by atoms with Gasteiger partial charge in [-0.25, -0.2) is 0 Å². The molecule has 0 radical (unpaired) electrons. The predicted molar refractivity (Wildman–Crippen MR) is 175 cm³/mol. The van der Waals surface area contributed by atoms with Gasteiger partial charge in [0.25, 0.3) is 0 Å². The van der Waals surface area contributed by atoms with E-state index in [0.29, 0.717) is 17.0 Å². The van der Waals surface area contributed by atoms with Gasteiger partial charge < -0.3 is 9.13 Å². The number of rotatable bonds is 3. The molecule has 1 aliphatic rings.